The molecule has 2 aromatic rings. The number of benzene rings is 2. The predicted molar refractivity (Wildman–Crippen MR) is 105 cm³/mol. The van der Waals surface area contributed by atoms with Gasteiger partial charge in [0.05, 0.1) is 6.61 Å². The fraction of sp³-hybridized carbons (Fsp3) is 0.333. The number of ether oxygens (including phenoxy) is 1. The molecule has 5 heteroatoms. The van der Waals surface area contributed by atoms with Gasteiger partial charge in [0, 0.05) is 23.9 Å². The molecule has 2 N–H and O–H groups in total. The van der Waals surface area contributed by atoms with Gasteiger partial charge in [-0.15, -0.1) is 0 Å². The fourth-order valence-electron chi connectivity index (χ4n) is 2.47. The first-order chi connectivity index (χ1) is 12.5. The summed E-state index contributed by atoms with van der Waals surface area (Å²) in [4.78, 5) is 23.7. The van der Waals surface area contributed by atoms with Gasteiger partial charge in [0.25, 0.3) is 5.91 Å². The van der Waals surface area contributed by atoms with Crippen LogP contribution in [0.5, 0.6) is 5.75 Å². The quantitative estimate of drug-likeness (QED) is 0.671. The van der Waals surface area contributed by atoms with E-state index >= 15 is 0 Å². The smallest absolute Gasteiger partial charge is 0.255 e. The molecule has 0 saturated heterocycles. The van der Waals surface area contributed by atoms with Crippen molar-refractivity contribution in [2.75, 3.05) is 17.2 Å². The average molecular weight is 354 g/mol. The van der Waals surface area contributed by atoms with Crippen LogP contribution in [0.3, 0.4) is 0 Å². The molecule has 2 rings (SSSR count). The molecule has 2 amide bonds. The molecule has 0 radical (unpaired) electrons. The normalized spacial score (nSPS) is 10.3. The molecule has 0 aliphatic carbocycles. The number of hydrogen-bond donors (Lipinski definition) is 2. The van der Waals surface area contributed by atoms with E-state index in [2.05, 4.69) is 17.6 Å². The molecule has 0 saturated carbocycles. The monoisotopic (exact) mass is 354 g/mol. The van der Waals surface area contributed by atoms with Crippen molar-refractivity contribution in [3.8, 4) is 5.75 Å². The van der Waals surface area contributed by atoms with E-state index in [1.807, 2.05) is 19.1 Å². The van der Waals surface area contributed by atoms with E-state index in [9.17, 15) is 9.59 Å². The molecule has 0 fully saturated rings. The average Bonchev–Trinajstić information content (AvgIpc) is 2.61. The van der Waals surface area contributed by atoms with Gasteiger partial charge in [-0.05, 0) is 55.3 Å². The number of nitrogens with one attached hydrogen (secondary N) is 2. The van der Waals surface area contributed by atoms with Crippen molar-refractivity contribution in [1.29, 1.82) is 0 Å². The Kier molecular flexibility index (Phi) is 7.21. The molecular weight excluding hydrogens is 328 g/mol. The minimum absolute atomic E-state index is 0.147. The van der Waals surface area contributed by atoms with Crippen LogP contribution in [0.15, 0.2) is 42.5 Å². The molecule has 0 heterocycles. The maximum absolute atomic E-state index is 12.4. The lowest BCUT2D eigenvalue weighted by Crippen LogP contribution is -2.13. The van der Waals surface area contributed by atoms with Crippen molar-refractivity contribution in [1.82, 2.24) is 0 Å². The molecule has 138 valence electrons. The number of carbonyl (C=O) groups is 2. The van der Waals surface area contributed by atoms with Crippen LogP contribution in [0, 0.1) is 6.92 Å². The van der Waals surface area contributed by atoms with Gasteiger partial charge in [-0.25, -0.2) is 0 Å². The topological polar surface area (TPSA) is 67.4 Å². The third-order valence-corrected chi connectivity index (χ3v) is 3.94. The van der Waals surface area contributed by atoms with Gasteiger partial charge in [0.1, 0.15) is 5.75 Å². The van der Waals surface area contributed by atoms with E-state index in [0.717, 1.165) is 30.6 Å². The summed E-state index contributed by atoms with van der Waals surface area (Å²) in [6, 6.07) is 12.5. The van der Waals surface area contributed by atoms with E-state index in [1.54, 1.807) is 30.3 Å². The summed E-state index contributed by atoms with van der Waals surface area (Å²) >= 11 is 0. The Hall–Kier alpha value is -2.82. The first-order valence-corrected chi connectivity index (χ1v) is 8.92. The highest BCUT2D eigenvalue weighted by Crippen LogP contribution is 2.21. The summed E-state index contributed by atoms with van der Waals surface area (Å²) in [6.07, 6.45) is 3.34. The number of rotatable bonds is 8. The van der Waals surface area contributed by atoms with E-state index < -0.39 is 0 Å². The summed E-state index contributed by atoms with van der Waals surface area (Å²) in [5.41, 5.74) is 2.80. The second-order valence-electron chi connectivity index (χ2n) is 6.24. The van der Waals surface area contributed by atoms with E-state index in [1.165, 1.54) is 6.92 Å². The van der Waals surface area contributed by atoms with Gasteiger partial charge >= 0.3 is 0 Å². The molecular formula is C21H26N2O3. The molecule has 0 aliphatic heterocycles. The van der Waals surface area contributed by atoms with Gasteiger partial charge in [0.2, 0.25) is 5.91 Å². The van der Waals surface area contributed by atoms with Crippen LogP contribution in [0.25, 0.3) is 0 Å². The predicted octanol–water partition coefficient (Wildman–Crippen LogP) is 4.77. The molecule has 5 nitrogen and oxygen atoms in total. The van der Waals surface area contributed by atoms with Crippen LogP contribution >= 0.6 is 0 Å². The number of anilines is 2. The molecule has 0 bridgehead atoms. The third-order valence-electron chi connectivity index (χ3n) is 3.94. The largest absolute Gasteiger partial charge is 0.494 e. The Bertz CT molecular complexity index is 754. The Morgan fingerprint density at radius 1 is 1.00 bits per heavy atom. The van der Waals surface area contributed by atoms with Crippen molar-refractivity contribution >= 4 is 23.2 Å². The van der Waals surface area contributed by atoms with Crippen LogP contribution in [0.1, 0.15) is 49.0 Å². The lowest BCUT2D eigenvalue weighted by atomic mass is 10.1. The zero-order valence-corrected chi connectivity index (χ0v) is 15.6. The summed E-state index contributed by atoms with van der Waals surface area (Å²) in [7, 11) is 0. The Balaban J connectivity index is 1.98. The minimum Gasteiger partial charge on any atom is -0.494 e. The summed E-state index contributed by atoms with van der Waals surface area (Å²) in [5, 5.41) is 5.60. The van der Waals surface area contributed by atoms with Gasteiger partial charge < -0.3 is 15.4 Å². The van der Waals surface area contributed by atoms with Crippen LogP contribution < -0.4 is 15.4 Å². The van der Waals surface area contributed by atoms with Crippen LogP contribution in [0.2, 0.25) is 0 Å². The molecule has 0 atom stereocenters. The van der Waals surface area contributed by atoms with Crippen LogP contribution in [-0.2, 0) is 4.79 Å². The maximum atomic E-state index is 12.4. The zero-order valence-electron chi connectivity index (χ0n) is 15.6. The molecule has 0 aromatic heterocycles. The standard InChI is InChI=1S/C21H26N2O3/c1-4-5-6-13-26-19-11-8-17(9-12-19)21(25)23-18-10-7-15(2)20(14-18)22-16(3)24/h7-12,14H,4-6,13H2,1-3H3,(H,22,24)(H,23,25). The van der Waals surface area contributed by atoms with E-state index in [0.29, 0.717) is 23.5 Å². The van der Waals surface area contributed by atoms with Gasteiger partial charge in [-0.3, -0.25) is 9.59 Å². The SMILES string of the molecule is CCCCCOc1ccc(C(=O)Nc2ccc(C)c(NC(C)=O)c2)cc1. The first kappa shape index (κ1) is 19.5. The lowest BCUT2D eigenvalue weighted by Gasteiger charge is -2.11. The van der Waals surface area contributed by atoms with Crippen molar-refractivity contribution in [3.05, 3.63) is 53.6 Å². The van der Waals surface area contributed by atoms with E-state index in [-0.39, 0.29) is 11.8 Å². The number of amides is 2. The summed E-state index contributed by atoms with van der Waals surface area (Å²) in [5.74, 6) is 0.409. The number of aryl methyl sites for hydroxylation is 1. The highest BCUT2D eigenvalue weighted by molar-refractivity contribution is 6.04. The first-order valence-electron chi connectivity index (χ1n) is 8.92. The second kappa shape index (κ2) is 9.61. The third kappa shape index (κ3) is 5.92. The lowest BCUT2D eigenvalue weighted by molar-refractivity contribution is -0.114. The molecule has 0 unspecified atom stereocenters. The molecule has 2 aromatic carbocycles. The minimum atomic E-state index is -0.208. The van der Waals surface area contributed by atoms with Crippen LogP contribution in [-0.4, -0.2) is 18.4 Å². The molecule has 0 aliphatic rings. The van der Waals surface area contributed by atoms with Crippen molar-refractivity contribution in [3.63, 3.8) is 0 Å². The summed E-state index contributed by atoms with van der Waals surface area (Å²) in [6.45, 7) is 6.20. The maximum Gasteiger partial charge on any atom is 0.255 e. The zero-order chi connectivity index (χ0) is 18.9. The Morgan fingerprint density at radius 3 is 2.38 bits per heavy atom. The Labute approximate surface area is 154 Å². The van der Waals surface area contributed by atoms with Gasteiger partial charge in [0.15, 0.2) is 0 Å². The van der Waals surface area contributed by atoms with Crippen molar-refractivity contribution < 1.29 is 14.3 Å². The summed E-state index contributed by atoms with van der Waals surface area (Å²) < 4.78 is 5.66. The van der Waals surface area contributed by atoms with Gasteiger partial charge in [-0.1, -0.05) is 25.8 Å². The van der Waals surface area contributed by atoms with Crippen molar-refractivity contribution in [2.45, 2.75) is 40.0 Å². The molecule has 26 heavy (non-hydrogen) atoms. The number of hydrogen-bond acceptors (Lipinski definition) is 3. The van der Waals surface area contributed by atoms with Gasteiger partial charge in [-0.2, -0.15) is 0 Å². The highest BCUT2D eigenvalue weighted by atomic mass is 16.5. The number of unbranched alkanes of at least 4 members (excludes halogenated alkanes) is 2. The van der Waals surface area contributed by atoms with E-state index in [4.69, 9.17) is 4.74 Å². The fourth-order valence-corrected chi connectivity index (χ4v) is 2.47. The van der Waals surface area contributed by atoms with Crippen LogP contribution in [0.4, 0.5) is 11.4 Å². The highest BCUT2D eigenvalue weighted by Gasteiger charge is 2.08. The second-order valence-corrected chi connectivity index (χ2v) is 6.24. The van der Waals surface area contributed by atoms with Crippen molar-refractivity contribution in [2.24, 2.45) is 0 Å². The number of carbonyl (C=O) groups excluding carboxylic acids is 2. The Morgan fingerprint density at radius 2 is 1.73 bits per heavy atom. The molecule has 0 spiro atoms.